The third kappa shape index (κ3) is 4.51. The number of anilines is 1. The molecule has 0 saturated carbocycles. The van der Waals surface area contributed by atoms with Crippen molar-refractivity contribution in [3.05, 3.63) is 71.6 Å². The molecule has 3 heterocycles. The lowest BCUT2D eigenvalue weighted by Gasteiger charge is -2.18. The Labute approximate surface area is 194 Å². The average Bonchev–Trinajstić information content (AvgIpc) is 3.47. The van der Waals surface area contributed by atoms with Gasteiger partial charge in [-0.25, -0.2) is 4.98 Å². The first-order valence-corrected chi connectivity index (χ1v) is 11.5. The molecule has 1 aliphatic rings. The van der Waals surface area contributed by atoms with Crippen LogP contribution in [-0.2, 0) is 0 Å². The smallest absolute Gasteiger partial charge is 0.276 e. The first-order valence-electron chi connectivity index (χ1n) is 11.5. The predicted molar refractivity (Wildman–Crippen MR) is 126 cm³/mol. The molecule has 0 saturated heterocycles. The second-order valence-corrected chi connectivity index (χ2v) is 8.62. The summed E-state index contributed by atoms with van der Waals surface area (Å²) in [5.74, 6) is 0.115. The van der Waals surface area contributed by atoms with Gasteiger partial charge in [-0.1, -0.05) is 19.9 Å². The van der Waals surface area contributed by atoms with Crippen molar-refractivity contribution >= 4 is 17.5 Å². The highest BCUT2D eigenvalue weighted by atomic mass is 16.2. The molecule has 0 fully saturated rings. The molecule has 33 heavy (non-hydrogen) atoms. The number of nitrogens with zero attached hydrogens (tertiary/aromatic N) is 5. The van der Waals surface area contributed by atoms with E-state index >= 15 is 0 Å². The van der Waals surface area contributed by atoms with E-state index in [4.69, 9.17) is 0 Å². The zero-order chi connectivity index (χ0) is 23.5. The number of hydrogen-bond acceptors (Lipinski definition) is 5. The minimum Gasteiger partial charge on any atom is -0.349 e. The van der Waals surface area contributed by atoms with Crippen LogP contribution < -0.4 is 10.2 Å². The lowest BCUT2D eigenvalue weighted by molar-refractivity contribution is 0.0933. The molecule has 0 aliphatic carbocycles. The van der Waals surface area contributed by atoms with Gasteiger partial charge >= 0.3 is 0 Å². The molecular weight excluding hydrogens is 416 g/mol. The van der Waals surface area contributed by atoms with Gasteiger partial charge in [0.15, 0.2) is 5.82 Å². The number of fused-ring (bicyclic) bond motifs is 1. The van der Waals surface area contributed by atoms with Crippen LogP contribution in [0.5, 0.6) is 0 Å². The zero-order valence-corrected chi connectivity index (χ0v) is 19.5. The Hall–Kier alpha value is -3.55. The molecule has 0 spiro atoms. The van der Waals surface area contributed by atoms with E-state index in [1.54, 1.807) is 41.7 Å². The van der Waals surface area contributed by atoms with Crippen molar-refractivity contribution < 1.29 is 9.59 Å². The molecule has 4 rings (SSSR count). The fraction of sp³-hybridized carbons (Fsp3) is 0.400. The summed E-state index contributed by atoms with van der Waals surface area (Å²) in [6, 6.07) is 11.1. The molecule has 8 nitrogen and oxygen atoms in total. The highest BCUT2D eigenvalue weighted by Gasteiger charge is 2.37. The topological polar surface area (TPSA) is 93.0 Å². The van der Waals surface area contributed by atoms with E-state index in [2.05, 4.69) is 34.2 Å². The Morgan fingerprint density at radius 1 is 1.12 bits per heavy atom. The number of hydrogen-bond donors (Lipinski definition) is 1. The molecule has 8 heteroatoms. The molecule has 0 bridgehead atoms. The summed E-state index contributed by atoms with van der Waals surface area (Å²) in [4.78, 5) is 36.7. The Bertz CT molecular complexity index is 1140. The van der Waals surface area contributed by atoms with E-state index in [0.717, 1.165) is 24.1 Å². The fourth-order valence-corrected chi connectivity index (χ4v) is 4.10. The number of amides is 2. The van der Waals surface area contributed by atoms with E-state index < -0.39 is 0 Å². The summed E-state index contributed by atoms with van der Waals surface area (Å²) < 4.78 is 1.81. The Balaban J connectivity index is 1.72. The van der Waals surface area contributed by atoms with Crippen molar-refractivity contribution in [1.29, 1.82) is 0 Å². The summed E-state index contributed by atoms with van der Waals surface area (Å²) in [6.07, 6.45) is 5.07. The minimum absolute atomic E-state index is 0.111. The standard InChI is InChI=1S/C25H30N6O2/c1-5-18(6-2)28-24(32)17-10-11-22-19(13-17)20(23-27-15-31(29-23)16(3)4)14-30(22)25(33)21-9-7-8-12-26-21/h7-13,15-16,18,20H,5-6,14H2,1-4H3,(H,28,32)/t20-/m0/s1. The minimum atomic E-state index is -0.228. The molecule has 1 atom stereocenters. The second-order valence-electron chi connectivity index (χ2n) is 8.62. The van der Waals surface area contributed by atoms with Crippen LogP contribution in [0.15, 0.2) is 48.9 Å². The van der Waals surface area contributed by atoms with E-state index in [9.17, 15) is 9.59 Å². The fourth-order valence-electron chi connectivity index (χ4n) is 4.10. The molecule has 1 N–H and O–H groups in total. The lowest BCUT2D eigenvalue weighted by Crippen LogP contribution is -2.33. The average molecular weight is 447 g/mol. The number of carbonyl (C=O) groups excluding carboxylic acids is 2. The van der Waals surface area contributed by atoms with Gasteiger partial charge < -0.3 is 10.2 Å². The molecule has 3 aromatic rings. The summed E-state index contributed by atoms with van der Waals surface area (Å²) in [5, 5.41) is 7.75. The maximum Gasteiger partial charge on any atom is 0.276 e. The number of benzene rings is 1. The Morgan fingerprint density at radius 2 is 1.91 bits per heavy atom. The van der Waals surface area contributed by atoms with Gasteiger partial charge in [0, 0.05) is 36.1 Å². The van der Waals surface area contributed by atoms with E-state index in [1.165, 1.54) is 0 Å². The maximum atomic E-state index is 13.3. The quantitative estimate of drug-likeness (QED) is 0.593. The molecule has 1 aliphatic heterocycles. The van der Waals surface area contributed by atoms with Crippen molar-refractivity contribution in [2.45, 2.75) is 58.5 Å². The van der Waals surface area contributed by atoms with Gasteiger partial charge in [0.05, 0.1) is 5.92 Å². The van der Waals surface area contributed by atoms with Crippen LogP contribution in [0.3, 0.4) is 0 Å². The molecule has 0 unspecified atom stereocenters. The van der Waals surface area contributed by atoms with Gasteiger partial charge in [-0.2, -0.15) is 5.10 Å². The first-order chi connectivity index (χ1) is 15.9. The summed E-state index contributed by atoms with van der Waals surface area (Å²) in [5.41, 5.74) is 2.58. The number of rotatable bonds is 7. The SMILES string of the molecule is CCC(CC)NC(=O)c1ccc2c(c1)[C@@H](c1ncn(C(C)C)n1)CN2C(=O)c1ccccn1. The van der Waals surface area contributed by atoms with Gasteiger partial charge in [0.1, 0.15) is 12.0 Å². The maximum absolute atomic E-state index is 13.3. The second kappa shape index (κ2) is 9.52. The largest absolute Gasteiger partial charge is 0.349 e. The van der Waals surface area contributed by atoms with Crippen LogP contribution in [-0.4, -0.2) is 44.1 Å². The molecule has 0 radical (unpaired) electrons. The number of aromatic nitrogens is 4. The number of carbonyl (C=O) groups is 2. The third-order valence-electron chi connectivity index (χ3n) is 6.14. The van der Waals surface area contributed by atoms with Crippen molar-refractivity contribution in [2.24, 2.45) is 0 Å². The van der Waals surface area contributed by atoms with Crippen molar-refractivity contribution in [3.8, 4) is 0 Å². The molecule has 2 amide bonds. The molecular formula is C25H30N6O2. The van der Waals surface area contributed by atoms with Crippen molar-refractivity contribution in [1.82, 2.24) is 25.1 Å². The Morgan fingerprint density at radius 3 is 2.55 bits per heavy atom. The van der Waals surface area contributed by atoms with E-state index in [1.807, 2.05) is 30.7 Å². The van der Waals surface area contributed by atoms with Gasteiger partial charge in [-0.3, -0.25) is 19.3 Å². The highest BCUT2D eigenvalue weighted by molar-refractivity contribution is 6.07. The van der Waals surface area contributed by atoms with E-state index in [0.29, 0.717) is 23.6 Å². The van der Waals surface area contributed by atoms with Gasteiger partial charge in [-0.15, -0.1) is 0 Å². The molecule has 1 aromatic carbocycles. The molecule has 172 valence electrons. The monoisotopic (exact) mass is 446 g/mol. The van der Waals surface area contributed by atoms with Crippen LogP contribution in [0.25, 0.3) is 0 Å². The normalized spacial score (nSPS) is 15.2. The summed E-state index contributed by atoms with van der Waals surface area (Å²) in [7, 11) is 0. The van der Waals surface area contributed by atoms with Crippen molar-refractivity contribution in [3.63, 3.8) is 0 Å². The number of pyridine rings is 1. The number of nitrogens with one attached hydrogen (secondary N) is 1. The van der Waals surface area contributed by atoms with Crippen LogP contribution >= 0.6 is 0 Å². The third-order valence-corrected chi connectivity index (χ3v) is 6.14. The van der Waals surface area contributed by atoms with Crippen LogP contribution in [0.2, 0.25) is 0 Å². The summed E-state index contributed by atoms with van der Waals surface area (Å²) >= 11 is 0. The van der Waals surface area contributed by atoms with Crippen LogP contribution in [0, 0.1) is 0 Å². The first kappa shape index (κ1) is 22.6. The predicted octanol–water partition coefficient (Wildman–Crippen LogP) is 3.96. The van der Waals surface area contributed by atoms with Crippen LogP contribution in [0.1, 0.15) is 84.7 Å². The van der Waals surface area contributed by atoms with E-state index in [-0.39, 0.29) is 29.8 Å². The zero-order valence-electron chi connectivity index (χ0n) is 19.5. The lowest BCUT2D eigenvalue weighted by atomic mass is 9.98. The van der Waals surface area contributed by atoms with Gasteiger partial charge in [0.25, 0.3) is 11.8 Å². The molecule has 2 aromatic heterocycles. The Kier molecular flexibility index (Phi) is 6.53. The van der Waals surface area contributed by atoms with Gasteiger partial charge in [-0.05, 0) is 62.6 Å². The summed E-state index contributed by atoms with van der Waals surface area (Å²) in [6.45, 7) is 8.59. The van der Waals surface area contributed by atoms with Gasteiger partial charge in [0.2, 0.25) is 0 Å². The van der Waals surface area contributed by atoms with Crippen molar-refractivity contribution in [2.75, 3.05) is 11.4 Å². The highest BCUT2D eigenvalue weighted by Crippen LogP contribution is 2.40. The van der Waals surface area contributed by atoms with Crippen LogP contribution in [0.4, 0.5) is 5.69 Å².